The van der Waals surface area contributed by atoms with E-state index < -0.39 is 11.7 Å². The van der Waals surface area contributed by atoms with E-state index in [1.807, 2.05) is 0 Å². The fraction of sp³-hybridized carbons (Fsp3) is 0.333. The summed E-state index contributed by atoms with van der Waals surface area (Å²) < 4.78 is 38.6. The molecule has 0 amide bonds. The molecule has 1 saturated carbocycles. The van der Waals surface area contributed by atoms with E-state index in [0.29, 0.717) is 16.6 Å². The van der Waals surface area contributed by atoms with Gasteiger partial charge < -0.3 is 5.32 Å². The summed E-state index contributed by atoms with van der Waals surface area (Å²) in [6, 6.07) is 7.00. The summed E-state index contributed by atoms with van der Waals surface area (Å²) in [5.41, 5.74) is -0.811. The highest BCUT2D eigenvalue weighted by atomic mass is 19.4. The van der Waals surface area contributed by atoms with E-state index in [0.717, 1.165) is 0 Å². The number of anilines is 1. The van der Waals surface area contributed by atoms with E-state index >= 15 is 0 Å². The molecule has 0 bridgehead atoms. The van der Waals surface area contributed by atoms with Crippen LogP contribution in [0.25, 0.3) is 10.9 Å². The average Bonchev–Trinajstić information content (AvgIpc) is 3.10. The average molecular weight is 253 g/mol. The second-order valence-electron chi connectivity index (χ2n) is 4.48. The first-order valence-corrected chi connectivity index (χ1v) is 5.57. The van der Waals surface area contributed by atoms with Gasteiger partial charge in [0.05, 0.1) is 17.4 Å². The summed E-state index contributed by atoms with van der Waals surface area (Å²) in [7, 11) is 0. The van der Waals surface area contributed by atoms with Crippen molar-refractivity contribution in [2.24, 2.45) is 0 Å². The quantitative estimate of drug-likeness (QED) is 0.893. The Labute approximate surface area is 101 Å². The van der Waals surface area contributed by atoms with Gasteiger partial charge in [-0.05, 0) is 18.9 Å². The third-order valence-electron chi connectivity index (χ3n) is 3.21. The normalized spacial score (nSPS) is 17.7. The summed E-state index contributed by atoms with van der Waals surface area (Å²) in [5, 5.41) is 10.9. The fourth-order valence-electron chi connectivity index (χ4n) is 1.97. The van der Waals surface area contributed by atoms with E-state index in [1.54, 1.807) is 24.3 Å². The molecule has 1 aliphatic carbocycles. The first-order valence-electron chi connectivity index (χ1n) is 5.57. The number of halogens is 3. The molecule has 0 saturated heterocycles. The number of nitrogens with one attached hydrogen (secondary N) is 1. The van der Waals surface area contributed by atoms with Gasteiger partial charge in [-0.25, -0.2) is 0 Å². The van der Waals surface area contributed by atoms with E-state index in [1.165, 1.54) is 6.20 Å². The lowest BCUT2D eigenvalue weighted by Gasteiger charge is -2.22. The molecule has 1 aromatic carbocycles. The second-order valence-corrected chi connectivity index (χ2v) is 4.48. The van der Waals surface area contributed by atoms with Crippen LogP contribution in [-0.4, -0.2) is 21.9 Å². The summed E-state index contributed by atoms with van der Waals surface area (Å²) in [4.78, 5) is 0. The summed E-state index contributed by atoms with van der Waals surface area (Å²) >= 11 is 0. The molecule has 0 radical (unpaired) electrons. The standard InChI is InChI=1S/C12H10F3N3/c13-12(14,15)11(5-6-11)17-10-7-16-18-9-4-2-1-3-8(9)10/h1-4,7H,5-6H2,(H,17,18). The molecule has 6 heteroatoms. The van der Waals surface area contributed by atoms with Gasteiger partial charge in [-0.2, -0.15) is 23.4 Å². The lowest BCUT2D eigenvalue weighted by molar-refractivity contribution is -0.151. The molecule has 18 heavy (non-hydrogen) atoms. The predicted octanol–water partition coefficient (Wildman–Crippen LogP) is 3.14. The van der Waals surface area contributed by atoms with E-state index in [-0.39, 0.29) is 12.8 Å². The molecule has 3 rings (SSSR count). The first-order chi connectivity index (χ1) is 8.52. The van der Waals surface area contributed by atoms with Crippen molar-refractivity contribution in [2.75, 3.05) is 5.32 Å². The number of fused-ring (bicyclic) bond motifs is 1. The lowest BCUT2D eigenvalue weighted by Crippen LogP contribution is -2.38. The Morgan fingerprint density at radius 2 is 1.89 bits per heavy atom. The van der Waals surface area contributed by atoms with Crippen LogP contribution in [0.1, 0.15) is 12.8 Å². The van der Waals surface area contributed by atoms with Gasteiger partial charge in [0.15, 0.2) is 0 Å². The smallest absolute Gasteiger partial charge is 0.370 e. The highest BCUT2D eigenvalue weighted by Gasteiger charge is 2.63. The van der Waals surface area contributed by atoms with Gasteiger partial charge in [-0.1, -0.05) is 18.2 Å². The van der Waals surface area contributed by atoms with Crippen molar-refractivity contribution in [3.8, 4) is 0 Å². The maximum absolute atomic E-state index is 12.9. The zero-order valence-electron chi connectivity index (χ0n) is 9.33. The van der Waals surface area contributed by atoms with Crippen molar-refractivity contribution in [3.05, 3.63) is 30.5 Å². The van der Waals surface area contributed by atoms with Crippen LogP contribution < -0.4 is 5.32 Å². The highest BCUT2D eigenvalue weighted by molar-refractivity contribution is 5.90. The van der Waals surface area contributed by atoms with Crippen molar-refractivity contribution < 1.29 is 13.2 Å². The molecule has 1 N–H and O–H groups in total. The molecular formula is C12H10F3N3. The number of benzene rings is 1. The van der Waals surface area contributed by atoms with Crippen LogP contribution in [0.3, 0.4) is 0 Å². The predicted molar refractivity (Wildman–Crippen MR) is 61.2 cm³/mol. The molecule has 2 aromatic rings. The molecule has 3 nitrogen and oxygen atoms in total. The Balaban J connectivity index is 2.01. The van der Waals surface area contributed by atoms with Gasteiger partial charge in [0.2, 0.25) is 0 Å². The van der Waals surface area contributed by atoms with E-state index in [9.17, 15) is 13.2 Å². The molecule has 1 aliphatic rings. The van der Waals surface area contributed by atoms with Gasteiger partial charge in [0, 0.05) is 5.39 Å². The molecular weight excluding hydrogens is 243 g/mol. The Kier molecular flexibility index (Phi) is 2.23. The zero-order chi connectivity index (χ0) is 12.8. The van der Waals surface area contributed by atoms with Crippen molar-refractivity contribution in [2.45, 2.75) is 24.6 Å². The Hall–Kier alpha value is -1.85. The van der Waals surface area contributed by atoms with Crippen LogP contribution >= 0.6 is 0 Å². The van der Waals surface area contributed by atoms with Gasteiger partial charge in [0.1, 0.15) is 5.54 Å². The molecule has 0 unspecified atom stereocenters. The van der Waals surface area contributed by atoms with Gasteiger partial charge in [-0.3, -0.25) is 0 Å². The first kappa shape index (κ1) is 11.3. The molecule has 1 aromatic heterocycles. The largest absolute Gasteiger partial charge is 0.411 e. The molecule has 0 aliphatic heterocycles. The summed E-state index contributed by atoms with van der Waals surface area (Å²) in [5.74, 6) is 0. The SMILES string of the molecule is FC(F)(F)C1(Nc2cnnc3ccccc23)CC1. The number of rotatable bonds is 2. The molecule has 1 heterocycles. The van der Waals surface area contributed by atoms with Gasteiger partial charge in [-0.15, -0.1) is 0 Å². The second kappa shape index (κ2) is 3.57. The summed E-state index contributed by atoms with van der Waals surface area (Å²) in [6.07, 6.45) is -2.69. The zero-order valence-corrected chi connectivity index (χ0v) is 9.33. The van der Waals surface area contributed by atoms with Crippen molar-refractivity contribution in [1.82, 2.24) is 10.2 Å². The van der Waals surface area contributed by atoms with Crippen molar-refractivity contribution in [3.63, 3.8) is 0 Å². The Bertz CT molecular complexity index is 585. The topological polar surface area (TPSA) is 37.8 Å². The van der Waals surface area contributed by atoms with Gasteiger partial charge in [0.25, 0.3) is 0 Å². The van der Waals surface area contributed by atoms with Crippen molar-refractivity contribution >= 4 is 16.6 Å². The van der Waals surface area contributed by atoms with E-state index in [2.05, 4.69) is 15.5 Å². The number of alkyl halides is 3. The minimum absolute atomic E-state index is 0.104. The molecule has 94 valence electrons. The third kappa shape index (κ3) is 1.68. The van der Waals surface area contributed by atoms with Crippen LogP contribution in [-0.2, 0) is 0 Å². The molecule has 0 atom stereocenters. The monoisotopic (exact) mass is 253 g/mol. The summed E-state index contributed by atoms with van der Waals surface area (Å²) in [6.45, 7) is 0. The minimum Gasteiger partial charge on any atom is -0.370 e. The van der Waals surface area contributed by atoms with Crippen LogP contribution in [0.15, 0.2) is 30.5 Å². The van der Waals surface area contributed by atoms with Crippen LogP contribution in [0, 0.1) is 0 Å². The molecule has 0 spiro atoms. The Morgan fingerprint density at radius 3 is 2.56 bits per heavy atom. The fourth-order valence-corrected chi connectivity index (χ4v) is 1.97. The minimum atomic E-state index is -4.24. The van der Waals surface area contributed by atoms with Crippen LogP contribution in [0.2, 0.25) is 0 Å². The van der Waals surface area contributed by atoms with E-state index in [4.69, 9.17) is 0 Å². The Morgan fingerprint density at radius 1 is 1.17 bits per heavy atom. The number of aromatic nitrogens is 2. The number of hydrogen-bond donors (Lipinski definition) is 1. The third-order valence-corrected chi connectivity index (χ3v) is 3.21. The molecule has 1 fully saturated rings. The van der Waals surface area contributed by atoms with Crippen molar-refractivity contribution in [1.29, 1.82) is 0 Å². The van der Waals surface area contributed by atoms with Crippen LogP contribution in [0.4, 0.5) is 18.9 Å². The van der Waals surface area contributed by atoms with Crippen LogP contribution in [0.5, 0.6) is 0 Å². The highest BCUT2D eigenvalue weighted by Crippen LogP contribution is 2.51. The maximum Gasteiger partial charge on any atom is 0.411 e. The lowest BCUT2D eigenvalue weighted by atomic mass is 10.1. The van der Waals surface area contributed by atoms with Gasteiger partial charge >= 0.3 is 6.18 Å². The number of hydrogen-bond acceptors (Lipinski definition) is 3. The number of nitrogens with zero attached hydrogens (tertiary/aromatic N) is 2. The maximum atomic E-state index is 12.9.